The average molecular weight is 254 g/mol. The highest BCUT2D eigenvalue weighted by Crippen LogP contribution is 2.24. The van der Waals surface area contributed by atoms with Crippen molar-refractivity contribution in [3.63, 3.8) is 0 Å². The molecule has 0 spiro atoms. The maximum Gasteiger partial charge on any atom is 0.00448 e. The number of hydrogen-bond acceptors (Lipinski definition) is 2. The predicted octanol–water partition coefficient (Wildman–Crippen LogP) is 3.52. The second-order valence-electron chi connectivity index (χ2n) is 6.85. The Balaban J connectivity index is 2.22. The van der Waals surface area contributed by atoms with Crippen molar-refractivity contribution in [2.75, 3.05) is 32.7 Å². The number of likely N-dealkylation sites (tertiary alicyclic amines) is 1. The van der Waals surface area contributed by atoms with E-state index < -0.39 is 0 Å². The molecule has 1 aliphatic heterocycles. The highest BCUT2D eigenvalue weighted by molar-refractivity contribution is 4.80. The zero-order valence-electron chi connectivity index (χ0n) is 13.1. The van der Waals surface area contributed by atoms with Crippen LogP contribution in [-0.4, -0.2) is 37.6 Å². The Morgan fingerprint density at radius 2 is 1.78 bits per heavy atom. The van der Waals surface area contributed by atoms with Crippen LogP contribution in [0.5, 0.6) is 0 Å². The third-order valence-corrected chi connectivity index (χ3v) is 4.09. The molecule has 18 heavy (non-hydrogen) atoms. The Hall–Kier alpha value is -0.0800. The fraction of sp³-hybridized carbons (Fsp3) is 1.00. The largest absolute Gasteiger partial charge is 0.316 e. The van der Waals surface area contributed by atoms with E-state index in [-0.39, 0.29) is 0 Å². The summed E-state index contributed by atoms with van der Waals surface area (Å²) in [4.78, 5) is 2.68. The van der Waals surface area contributed by atoms with Crippen LogP contribution < -0.4 is 5.32 Å². The molecule has 2 heteroatoms. The van der Waals surface area contributed by atoms with Gasteiger partial charge in [-0.25, -0.2) is 0 Å². The van der Waals surface area contributed by atoms with Crippen molar-refractivity contribution in [1.29, 1.82) is 0 Å². The van der Waals surface area contributed by atoms with E-state index in [0.29, 0.717) is 5.41 Å². The third kappa shape index (κ3) is 6.19. The van der Waals surface area contributed by atoms with Crippen LogP contribution in [0, 0.1) is 11.3 Å². The summed E-state index contributed by atoms with van der Waals surface area (Å²) in [6, 6.07) is 0. The highest BCUT2D eigenvalue weighted by Gasteiger charge is 2.25. The Morgan fingerprint density at radius 3 is 2.33 bits per heavy atom. The van der Waals surface area contributed by atoms with Crippen LogP contribution >= 0.6 is 0 Å². The number of piperidine rings is 1. The van der Waals surface area contributed by atoms with Crippen molar-refractivity contribution in [2.45, 2.75) is 59.8 Å². The van der Waals surface area contributed by atoms with E-state index in [1.807, 2.05) is 0 Å². The molecule has 1 saturated heterocycles. The van der Waals surface area contributed by atoms with Crippen molar-refractivity contribution in [3.8, 4) is 0 Å². The van der Waals surface area contributed by atoms with Crippen molar-refractivity contribution >= 4 is 0 Å². The summed E-state index contributed by atoms with van der Waals surface area (Å²) in [7, 11) is 0. The van der Waals surface area contributed by atoms with Gasteiger partial charge in [0.15, 0.2) is 0 Å². The SMILES string of the molecule is CCCNCC(C)(C)CN1CCC(CCC)CC1. The Bertz CT molecular complexity index is 205. The van der Waals surface area contributed by atoms with Crippen LogP contribution in [0.2, 0.25) is 0 Å². The lowest BCUT2D eigenvalue weighted by Crippen LogP contribution is -2.43. The summed E-state index contributed by atoms with van der Waals surface area (Å²) in [5.41, 5.74) is 0.409. The summed E-state index contributed by atoms with van der Waals surface area (Å²) < 4.78 is 0. The molecule has 1 rings (SSSR count). The molecule has 108 valence electrons. The van der Waals surface area contributed by atoms with Crippen LogP contribution in [0.4, 0.5) is 0 Å². The lowest BCUT2D eigenvalue weighted by molar-refractivity contribution is 0.124. The quantitative estimate of drug-likeness (QED) is 0.667. The predicted molar refractivity (Wildman–Crippen MR) is 81.0 cm³/mol. The van der Waals surface area contributed by atoms with E-state index in [9.17, 15) is 0 Å². The summed E-state index contributed by atoms with van der Waals surface area (Å²) in [5.74, 6) is 1.01. The molecule has 1 N–H and O–H groups in total. The first-order chi connectivity index (χ1) is 8.57. The number of rotatable bonds is 8. The monoisotopic (exact) mass is 254 g/mol. The zero-order chi connectivity index (χ0) is 13.4. The average Bonchev–Trinajstić information content (AvgIpc) is 2.32. The van der Waals surface area contributed by atoms with Crippen molar-refractivity contribution < 1.29 is 0 Å². The molecule has 1 heterocycles. The van der Waals surface area contributed by atoms with E-state index in [1.165, 1.54) is 51.7 Å². The van der Waals surface area contributed by atoms with Crippen LogP contribution in [0.25, 0.3) is 0 Å². The fourth-order valence-corrected chi connectivity index (χ4v) is 3.11. The molecule has 2 nitrogen and oxygen atoms in total. The van der Waals surface area contributed by atoms with Crippen molar-refractivity contribution in [1.82, 2.24) is 10.2 Å². The molecular weight excluding hydrogens is 220 g/mol. The smallest absolute Gasteiger partial charge is 0.00448 e. The minimum atomic E-state index is 0.409. The molecule has 1 fully saturated rings. The first-order valence-electron chi connectivity index (χ1n) is 8.00. The van der Waals surface area contributed by atoms with Gasteiger partial charge in [0.1, 0.15) is 0 Å². The van der Waals surface area contributed by atoms with E-state index in [2.05, 4.69) is 37.9 Å². The van der Waals surface area contributed by atoms with Gasteiger partial charge in [-0.05, 0) is 50.2 Å². The molecule has 0 aromatic carbocycles. The topological polar surface area (TPSA) is 15.3 Å². The van der Waals surface area contributed by atoms with Crippen LogP contribution in [0.15, 0.2) is 0 Å². The molecule has 1 aliphatic rings. The van der Waals surface area contributed by atoms with Gasteiger partial charge in [0, 0.05) is 13.1 Å². The lowest BCUT2D eigenvalue weighted by atomic mass is 9.88. The van der Waals surface area contributed by atoms with Gasteiger partial charge in [0.05, 0.1) is 0 Å². The normalized spacial score (nSPS) is 19.3. The fourth-order valence-electron chi connectivity index (χ4n) is 3.11. The van der Waals surface area contributed by atoms with E-state index in [4.69, 9.17) is 0 Å². The second kappa shape index (κ2) is 8.16. The van der Waals surface area contributed by atoms with Crippen LogP contribution in [0.1, 0.15) is 59.8 Å². The molecule has 0 aliphatic carbocycles. The van der Waals surface area contributed by atoms with Gasteiger partial charge in [-0.3, -0.25) is 0 Å². The Labute approximate surface area is 115 Å². The van der Waals surface area contributed by atoms with Crippen molar-refractivity contribution in [2.24, 2.45) is 11.3 Å². The molecular formula is C16H34N2. The third-order valence-electron chi connectivity index (χ3n) is 4.09. The van der Waals surface area contributed by atoms with Gasteiger partial charge in [0.25, 0.3) is 0 Å². The maximum atomic E-state index is 3.57. The molecule has 0 aromatic heterocycles. The molecule has 0 amide bonds. The van der Waals surface area contributed by atoms with Gasteiger partial charge in [-0.2, -0.15) is 0 Å². The molecule has 0 atom stereocenters. The van der Waals surface area contributed by atoms with Gasteiger partial charge in [-0.1, -0.05) is 40.5 Å². The van der Waals surface area contributed by atoms with Gasteiger partial charge < -0.3 is 10.2 Å². The Morgan fingerprint density at radius 1 is 1.11 bits per heavy atom. The lowest BCUT2D eigenvalue weighted by Gasteiger charge is -2.37. The van der Waals surface area contributed by atoms with Gasteiger partial charge in [-0.15, -0.1) is 0 Å². The first-order valence-corrected chi connectivity index (χ1v) is 8.00. The number of nitrogens with one attached hydrogen (secondary N) is 1. The molecule has 0 unspecified atom stereocenters. The summed E-state index contributed by atoms with van der Waals surface area (Å²) in [6.45, 7) is 15.5. The molecule has 0 radical (unpaired) electrons. The Kier molecular flexibility index (Phi) is 7.25. The molecule has 0 saturated carbocycles. The van der Waals surface area contributed by atoms with Gasteiger partial charge >= 0.3 is 0 Å². The van der Waals surface area contributed by atoms with Crippen LogP contribution in [0.3, 0.4) is 0 Å². The van der Waals surface area contributed by atoms with E-state index in [0.717, 1.165) is 19.0 Å². The van der Waals surface area contributed by atoms with Gasteiger partial charge in [0.2, 0.25) is 0 Å². The van der Waals surface area contributed by atoms with E-state index in [1.54, 1.807) is 0 Å². The number of hydrogen-bond donors (Lipinski definition) is 1. The maximum absolute atomic E-state index is 3.57. The van der Waals surface area contributed by atoms with E-state index >= 15 is 0 Å². The van der Waals surface area contributed by atoms with Crippen molar-refractivity contribution in [3.05, 3.63) is 0 Å². The summed E-state index contributed by atoms with van der Waals surface area (Å²) >= 11 is 0. The minimum absolute atomic E-state index is 0.409. The zero-order valence-corrected chi connectivity index (χ0v) is 13.1. The first kappa shape index (κ1) is 16.0. The molecule has 0 aromatic rings. The summed E-state index contributed by atoms with van der Waals surface area (Å²) in [5, 5.41) is 3.57. The highest BCUT2D eigenvalue weighted by atomic mass is 15.1. The summed E-state index contributed by atoms with van der Waals surface area (Å²) in [6.07, 6.45) is 6.88. The standard InChI is InChI=1S/C16H34N2/c1-5-7-15-8-11-18(12-9-15)14-16(3,4)13-17-10-6-2/h15,17H,5-14H2,1-4H3. The second-order valence-corrected chi connectivity index (χ2v) is 6.85. The number of nitrogens with zero attached hydrogens (tertiary/aromatic N) is 1. The molecule has 0 bridgehead atoms. The minimum Gasteiger partial charge on any atom is -0.316 e. The van der Waals surface area contributed by atoms with Crippen LogP contribution in [-0.2, 0) is 0 Å².